The molecular formula is C10H9F3N4. The molecule has 0 bridgehead atoms. The molecule has 0 amide bonds. The van der Waals surface area contributed by atoms with Crippen molar-refractivity contribution in [1.29, 1.82) is 0 Å². The van der Waals surface area contributed by atoms with Crippen molar-refractivity contribution in [2.45, 2.75) is 13.3 Å². The van der Waals surface area contributed by atoms with Crippen LogP contribution in [0.2, 0.25) is 0 Å². The van der Waals surface area contributed by atoms with Crippen molar-refractivity contribution in [1.82, 2.24) is 14.8 Å². The molecule has 0 saturated carbocycles. The van der Waals surface area contributed by atoms with Crippen molar-refractivity contribution in [3.05, 3.63) is 35.4 Å². The van der Waals surface area contributed by atoms with Crippen molar-refractivity contribution in [3.63, 3.8) is 0 Å². The van der Waals surface area contributed by atoms with E-state index < -0.39 is 17.5 Å². The minimum Gasteiger partial charge on any atom is -0.368 e. The largest absolute Gasteiger partial charge is 0.368 e. The van der Waals surface area contributed by atoms with Crippen molar-refractivity contribution in [3.8, 4) is 5.69 Å². The number of hydrogen-bond donors (Lipinski definition) is 1. The van der Waals surface area contributed by atoms with E-state index in [4.69, 9.17) is 5.73 Å². The lowest BCUT2D eigenvalue weighted by atomic mass is 10.3. The first-order valence-corrected chi connectivity index (χ1v) is 4.89. The van der Waals surface area contributed by atoms with Gasteiger partial charge in [-0.3, -0.25) is 0 Å². The highest BCUT2D eigenvalue weighted by atomic mass is 19.2. The predicted octanol–water partition coefficient (Wildman–Crippen LogP) is 1.83. The van der Waals surface area contributed by atoms with Crippen LogP contribution in [0.15, 0.2) is 12.1 Å². The van der Waals surface area contributed by atoms with Crippen LogP contribution in [0, 0.1) is 17.5 Å². The van der Waals surface area contributed by atoms with Crippen molar-refractivity contribution in [2.75, 3.05) is 5.73 Å². The topological polar surface area (TPSA) is 56.7 Å². The Hall–Kier alpha value is -2.05. The molecule has 0 aliphatic heterocycles. The first kappa shape index (κ1) is 11.4. The lowest BCUT2D eigenvalue weighted by Gasteiger charge is -2.04. The lowest BCUT2D eigenvalue weighted by Crippen LogP contribution is -2.06. The Bertz CT molecular complexity index is 565. The SMILES string of the molecule is CCc1nc(N)n(-c2cc(F)c(F)cc2F)n1. The smallest absolute Gasteiger partial charge is 0.223 e. The van der Waals surface area contributed by atoms with E-state index in [-0.39, 0.29) is 11.6 Å². The molecule has 0 atom stereocenters. The lowest BCUT2D eigenvalue weighted by molar-refractivity contribution is 0.491. The van der Waals surface area contributed by atoms with Gasteiger partial charge in [-0.25, -0.2) is 13.2 Å². The van der Waals surface area contributed by atoms with Gasteiger partial charge in [0.1, 0.15) is 5.69 Å². The summed E-state index contributed by atoms with van der Waals surface area (Å²) in [5.74, 6) is -3.07. The number of aromatic nitrogens is 3. The number of nitrogen functional groups attached to an aromatic ring is 1. The number of halogens is 3. The molecule has 2 rings (SSSR count). The monoisotopic (exact) mass is 242 g/mol. The van der Waals surface area contributed by atoms with Crippen molar-refractivity contribution >= 4 is 5.95 Å². The van der Waals surface area contributed by atoms with Gasteiger partial charge in [-0.05, 0) is 0 Å². The molecule has 0 fully saturated rings. The molecule has 4 nitrogen and oxygen atoms in total. The Balaban J connectivity index is 2.59. The van der Waals surface area contributed by atoms with Gasteiger partial charge in [-0.1, -0.05) is 6.92 Å². The third-order valence-electron chi connectivity index (χ3n) is 2.21. The van der Waals surface area contributed by atoms with Gasteiger partial charge in [0.15, 0.2) is 23.3 Å². The third-order valence-corrected chi connectivity index (χ3v) is 2.21. The minimum atomic E-state index is -1.26. The van der Waals surface area contributed by atoms with E-state index in [0.29, 0.717) is 24.4 Å². The maximum atomic E-state index is 13.5. The summed E-state index contributed by atoms with van der Waals surface area (Å²) < 4.78 is 40.2. The highest BCUT2D eigenvalue weighted by Crippen LogP contribution is 2.19. The number of hydrogen-bond acceptors (Lipinski definition) is 3. The number of anilines is 1. The molecule has 2 N–H and O–H groups in total. The summed E-state index contributed by atoms with van der Waals surface area (Å²) in [6.45, 7) is 1.79. The molecule has 2 aromatic rings. The van der Waals surface area contributed by atoms with Gasteiger partial charge in [-0.2, -0.15) is 9.67 Å². The summed E-state index contributed by atoms with van der Waals surface area (Å²) in [6, 6.07) is 1.13. The van der Waals surface area contributed by atoms with Crippen LogP contribution in [0.5, 0.6) is 0 Å². The maximum Gasteiger partial charge on any atom is 0.223 e. The Morgan fingerprint density at radius 3 is 2.41 bits per heavy atom. The summed E-state index contributed by atoms with van der Waals surface area (Å²) in [5.41, 5.74) is 5.24. The van der Waals surface area contributed by atoms with E-state index >= 15 is 0 Å². The van der Waals surface area contributed by atoms with Gasteiger partial charge in [0.2, 0.25) is 5.95 Å². The maximum absolute atomic E-state index is 13.5. The third kappa shape index (κ3) is 1.95. The van der Waals surface area contributed by atoms with Gasteiger partial charge in [0, 0.05) is 18.6 Å². The van der Waals surface area contributed by atoms with E-state index in [1.54, 1.807) is 6.92 Å². The molecule has 17 heavy (non-hydrogen) atoms. The van der Waals surface area contributed by atoms with Gasteiger partial charge in [0.25, 0.3) is 0 Å². The predicted molar refractivity (Wildman–Crippen MR) is 55.0 cm³/mol. The minimum absolute atomic E-state index is 0.0771. The van der Waals surface area contributed by atoms with E-state index in [0.717, 1.165) is 4.68 Å². The van der Waals surface area contributed by atoms with E-state index in [9.17, 15) is 13.2 Å². The van der Waals surface area contributed by atoms with Crippen LogP contribution in [0.3, 0.4) is 0 Å². The number of benzene rings is 1. The molecule has 0 aliphatic rings. The molecule has 0 saturated heterocycles. The van der Waals surface area contributed by atoms with Gasteiger partial charge >= 0.3 is 0 Å². The highest BCUT2D eigenvalue weighted by molar-refractivity contribution is 5.39. The summed E-state index contributed by atoms with van der Waals surface area (Å²) in [7, 11) is 0. The van der Waals surface area contributed by atoms with Crippen LogP contribution in [-0.4, -0.2) is 14.8 Å². The molecule has 1 heterocycles. The van der Waals surface area contributed by atoms with E-state index in [1.807, 2.05) is 0 Å². The van der Waals surface area contributed by atoms with Crippen molar-refractivity contribution in [2.24, 2.45) is 0 Å². The van der Waals surface area contributed by atoms with Crippen LogP contribution in [0.25, 0.3) is 5.69 Å². The summed E-state index contributed by atoms with van der Waals surface area (Å²) in [4.78, 5) is 3.85. The van der Waals surface area contributed by atoms with Crippen LogP contribution in [-0.2, 0) is 6.42 Å². The summed E-state index contributed by atoms with van der Waals surface area (Å²) in [6.07, 6.45) is 0.502. The Labute approximate surface area is 94.9 Å². The normalized spacial score (nSPS) is 10.8. The molecule has 0 aliphatic carbocycles. The Kier molecular flexibility index (Phi) is 2.74. The fraction of sp³-hybridized carbons (Fsp3) is 0.200. The number of nitrogens with zero attached hydrogens (tertiary/aromatic N) is 3. The quantitative estimate of drug-likeness (QED) is 0.817. The van der Waals surface area contributed by atoms with E-state index in [2.05, 4.69) is 10.1 Å². The average Bonchev–Trinajstić information content (AvgIpc) is 2.65. The highest BCUT2D eigenvalue weighted by Gasteiger charge is 2.15. The Morgan fingerprint density at radius 2 is 1.82 bits per heavy atom. The summed E-state index contributed by atoms with van der Waals surface area (Å²) in [5, 5.41) is 3.88. The molecule has 90 valence electrons. The number of aryl methyl sites for hydroxylation is 1. The standard InChI is InChI=1S/C10H9F3N4/c1-2-9-15-10(14)17(16-9)8-4-6(12)5(11)3-7(8)13/h3-4H,2H2,1H3,(H2,14,15,16). The van der Waals surface area contributed by atoms with Gasteiger partial charge < -0.3 is 5.73 Å². The molecule has 0 unspecified atom stereocenters. The number of nitrogens with two attached hydrogens (primary N) is 1. The zero-order chi connectivity index (χ0) is 12.6. The van der Waals surface area contributed by atoms with E-state index in [1.165, 1.54) is 0 Å². The number of rotatable bonds is 2. The second-order valence-electron chi connectivity index (χ2n) is 3.37. The molecular weight excluding hydrogens is 233 g/mol. The first-order valence-electron chi connectivity index (χ1n) is 4.89. The van der Waals surface area contributed by atoms with Gasteiger partial charge in [0.05, 0.1) is 0 Å². The van der Waals surface area contributed by atoms with Gasteiger partial charge in [-0.15, -0.1) is 5.10 Å². The molecule has 7 heteroatoms. The van der Waals surface area contributed by atoms with Crippen LogP contribution in [0.4, 0.5) is 19.1 Å². The van der Waals surface area contributed by atoms with Crippen LogP contribution in [0.1, 0.15) is 12.7 Å². The average molecular weight is 242 g/mol. The van der Waals surface area contributed by atoms with Crippen LogP contribution >= 0.6 is 0 Å². The molecule has 0 spiro atoms. The Morgan fingerprint density at radius 1 is 1.18 bits per heavy atom. The zero-order valence-corrected chi connectivity index (χ0v) is 8.91. The fourth-order valence-corrected chi connectivity index (χ4v) is 1.37. The fourth-order valence-electron chi connectivity index (χ4n) is 1.37. The second kappa shape index (κ2) is 4.08. The first-order chi connectivity index (χ1) is 8.02. The molecule has 0 radical (unpaired) electrons. The summed E-state index contributed by atoms with van der Waals surface area (Å²) >= 11 is 0. The molecule has 1 aromatic carbocycles. The second-order valence-corrected chi connectivity index (χ2v) is 3.37. The van der Waals surface area contributed by atoms with Crippen molar-refractivity contribution < 1.29 is 13.2 Å². The molecule has 1 aromatic heterocycles. The zero-order valence-electron chi connectivity index (χ0n) is 8.91. The van der Waals surface area contributed by atoms with Crippen LogP contribution < -0.4 is 5.73 Å².